The van der Waals surface area contributed by atoms with Crippen LogP contribution < -0.4 is 0 Å². The van der Waals surface area contributed by atoms with Crippen LogP contribution in [0.25, 0.3) is 0 Å². The number of fused-ring (bicyclic) bond motifs is 1. The lowest BCUT2D eigenvalue weighted by Gasteiger charge is -2.19. The zero-order valence-corrected chi connectivity index (χ0v) is 12.0. The van der Waals surface area contributed by atoms with E-state index in [2.05, 4.69) is 53.5 Å². The Morgan fingerprint density at radius 2 is 1.65 bits per heavy atom. The third-order valence-electron chi connectivity index (χ3n) is 3.87. The quantitative estimate of drug-likeness (QED) is 0.689. The number of aromatic nitrogens is 2. The molecule has 0 bridgehead atoms. The van der Waals surface area contributed by atoms with Crippen LogP contribution in [0.3, 0.4) is 0 Å². The smallest absolute Gasteiger partial charge is 0.134 e. The van der Waals surface area contributed by atoms with Crippen molar-refractivity contribution in [3.05, 3.63) is 22.8 Å². The molecule has 0 N–H and O–H groups in total. The average Bonchev–Trinajstić information content (AvgIpc) is 2.43. The highest BCUT2D eigenvalue weighted by Gasteiger charge is 2.35. The van der Waals surface area contributed by atoms with E-state index in [9.17, 15) is 0 Å². The second-order valence-electron chi connectivity index (χ2n) is 6.20. The maximum absolute atomic E-state index is 4.81. The first-order chi connectivity index (χ1) is 7.73. The second-order valence-corrected chi connectivity index (χ2v) is 6.20. The fraction of sp³-hybridized carbons (Fsp3) is 0.714. The van der Waals surface area contributed by atoms with Crippen molar-refractivity contribution >= 4 is 0 Å². The first-order valence-electron chi connectivity index (χ1n) is 6.34. The largest absolute Gasteiger partial charge is 0.291 e. The molecule has 1 aromatic heterocycles. The Hall–Kier alpha value is -0.960. The highest BCUT2D eigenvalue weighted by molar-refractivity contribution is 5.35. The molecule has 1 aliphatic heterocycles. The van der Waals surface area contributed by atoms with Crippen molar-refractivity contribution in [2.45, 2.75) is 59.0 Å². The topological polar surface area (TPSA) is 29.0 Å². The Labute approximate surface area is 104 Å². The summed E-state index contributed by atoms with van der Waals surface area (Å²) in [6, 6.07) is 0.816. The summed E-state index contributed by atoms with van der Waals surface area (Å²) in [5.74, 6) is 0.961. The fourth-order valence-corrected chi connectivity index (χ4v) is 2.51. The zero-order valence-electron chi connectivity index (χ0n) is 12.0. The number of aryl methyl sites for hydroxylation is 1. The van der Waals surface area contributed by atoms with Gasteiger partial charge in [0.1, 0.15) is 5.82 Å². The van der Waals surface area contributed by atoms with Crippen molar-refractivity contribution < 1.29 is 0 Å². The van der Waals surface area contributed by atoms with E-state index in [1.54, 1.807) is 0 Å². The Balaban J connectivity index is 2.61. The molecule has 0 aromatic carbocycles. The van der Waals surface area contributed by atoms with Gasteiger partial charge in [0.15, 0.2) is 0 Å². The molecule has 0 radical (unpaired) electrons. The van der Waals surface area contributed by atoms with Gasteiger partial charge in [0.2, 0.25) is 0 Å². The van der Waals surface area contributed by atoms with Crippen LogP contribution in [0, 0.1) is 6.92 Å². The van der Waals surface area contributed by atoms with Gasteiger partial charge < -0.3 is 0 Å². The molecule has 3 heteroatoms. The van der Waals surface area contributed by atoms with E-state index in [-0.39, 0.29) is 5.41 Å². The normalized spacial score (nSPS) is 25.1. The molecule has 94 valence electrons. The molecule has 0 fully saturated rings. The van der Waals surface area contributed by atoms with Crippen LogP contribution in [0.2, 0.25) is 0 Å². The van der Waals surface area contributed by atoms with Gasteiger partial charge in [-0.15, -0.1) is 0 Å². The van der Waals surface area contributed by atoms with E-state index in [1.165, 1.54) is 11.3 Å². The molecule has 0 saturated carbocycles. The number of nitrogens with zero attached hydrogens (tertiary/aromatic N) is 3. The lowest BCUT2D eigenvalue weighted by molar-refractivity contribution is 0.230. The molecule has 0 aliphatic carbocycles. The van der Waals surface area contributed by atoms with Gasteiger partial charge >= 0.3 is 0 Å². The molecule has 2 rings (SSSR count). The van der Waals surface area contributed by atoms with Gasteiger partial charge in [-0.1, -0.05) is 20.8 Å². The van der Waals surface area contributed by atoms with Crippen molar-refractivity contribution in [2.75, 3.05) is 7.05 Å². The lowest BCUT2D eigenvalue weighted by Crippen LogP contribution is -2.19. The summed E-state index contributed by atoms with van der Waals surface area (Å²) in [5.41, 5.74) is 3.71. The van der Waals surface area contributed by atoms with E-state index in [1.807, 2.05) is 0 Å². The molecule has 0 saturated heterocycles. The van der Waals surface area contributed by atoms with Crippen molar-refractivity contribution in [3.63, 3.8) is 0 Å². The zero-order chi connectivity index (χ0) is 13.0. The Morgan fingerprint density at radius 1 is 1.06 bits per heavy atom. The molecule has 0 amide bonds. The van der Waals surface area contributed by atoms with E-state index < -0.39 is 0 Å². The average molecular weight is 233 g/mol. The van der Waals surface area contributed by atoms with Gasteiger partial charge in [-0.05, 0) is 27.8 Å². The van der Waals surface area contributed by atoms with E-state index in [4.69, 9.17) is 9.97 Å². The maximum Gasteiger partial charge on any atom is 0.134 e. The summed E-state index contributed by atoms with van der Waals surface area (Å²) in [5, 5.41) is 0. The molecule has 3 nitrogen and oxygen atoms in total. The molecule has 1 aromatic rings. The molecule has 1 aliphatic rings. The summed E-state index contributed by atoms with van der Waals surface area (Å²) < 4.78 is 0. The van der Waals surface area contributed by atoms with Crippen LogP contribution in [0.4, 0.5) is 0 Å². The highest BCUT2D eigenvalue weighted by atomic mass is 15.2. The summed E-state index contributed by atoms with van der Waals surface area (Å²) in [7, 11) is 2.16. The Kier molecular flexibility index (Phi) is 2.77. The maximum atomic E-state index is 4.81. The van der Waals surface area contributed by atoms with Crippen molar-refractivity contribution in [1.82, 2.24) is 14.9 Å². The van der Waals surface area contributed by atoms with E-state index >= 15 is 0 Å². The summed E-state index contributed by atoms with van der Waals surface area (Å²) in [4.78, 5) is 11.9. The van der Waals surface area contributed by atoms with Crippen LogP contribution in [0.15, 0.2) is 0 Å². The third-order valence-corrected chi connectivity index (χ3v) is 3.87. The number of hydrogen-bond donors (Lipinski definition) is 0. The SMILES string of the molecule is Cc1nc(C(C)(C)C)nc2c1C(C)N(C)C2C. The molecule has 2 unspecified atom stereocenters. The first kappa shape index (κ1) is 12.5. The van der Waals surface area contributed by atoms with E-state index in [0.717, 1.165) is 11.5 Å². The molecule has 2 atom stereocenters. The van der Waals surface area contributed by atoms with Crippen molar-refractivity contribution in [3.8, 4) is 0 Å². The predicted octanol–water partition coefficient (Wildman–Crippen LogP) is 3.15. The first-order valence-corrected chi connectivity index (χ1v) is 6.34. The standard InChI is InChI=1S/C14H23N3/c1-8-11-9(2)17(7)10(3)12(11)16-13(15-8)14(4,5)6/h9-10H,1-7H3. The van der Waals surface area contributed by atoms with Gasteiger partial charge in [0, 0.05) is 28.8 Å². The molecule has 2 heterocycles. The summed E-state index contributed by atoms with van der Waals surface area (Å²) in [6.07, 6.45) is 0. The van der Waals surface area contributed by atoms with Crippen molar-refractivity contribution in [2.24, 2.45) is 0 Å². The van der Waals surface area contributed by atoms with E-state index in [0.29, 0.717) is 12.1 Å². The minimum absolute atomic E-state index is 0.0178. The van der Waals surface area contributed by atoms with Gasteiger partial charge in [-0.25, -0.2) is 9.97 Å². The number of rotatable bonds is 0. The minimum atomic E-state index is 0.0178. The molecular weight excluding hydrogens is 210 g/mol. The van der Waals surface area contributed by atoms with Crippen molar-refractivity contribution in [1.29, 1.82) is 0 Å². The van der Waals surface area contributed by atoms with Crippen LogP contribution >= 0.6 is 0 Å². The minimum Gasteiger partial charge on any atom is -0.291 e. The van der Waals surface area contributed by atoms with Gasteiger partial charge in [0.25, 0.3) is 0 Å². The van der Waals surface area contributed by atoms with Crippen LogP contribution in [0.5, 0.6) is 0 Å². The van der Waals surface area contributed by atoms with Crippen LogP contribution in [-0.4, -0.2) is 21.9 Å². The predicted molar refractivity (Wildman–Crippen MR) is 70.1 cm³/mol. The lowest BCUT2D eigenvalue weighted by atomic mass is 9.94. The Bertz CT molecular complexity index is 446. The Morgan fingerprint density at radius 3 is 2.18 bits per heavy atom. The summed E-state index contributed by atoms with van der Waals surface area (Å²) in [6.45, 7) is 13.1. The van der Waals surface area contributed by atoms with Crippen LogP contribution in [0.1, 0.15) is 69.5 Å². The molecule has 0 spiro atoms. The second kappa shape index (κ2) is 3.77. The monoisotopic (exact) mass is 233 g/mol. The van der Waals surface area contributed by atoms with Gasteiger partial charge in [-0.2, -0.15) is 0 Å². The number of hydrogen-bond acceptors (Lipinski definition) is 3. The molecular formula is C14H23N3. The van der Waals surface area contributed by atoms with Crippen LogP contribution in [-0.2, 0) is 5.41 Å². The third kappa shape index (κ3) is 1.86. The summed E-state index contributed by atoms with van der Waals surface area (Å²) >= 11 is 0. The van der Waals surface area contributed by atoms with Gasteiger partial charge in [-0.3, -0.25) is 4.90 Å². The fourth-order valence-electron chi connectivity index (χ4n) is 2.51. The molecule has 17 heavy (non-hydrogen) atoms. The highest BCUT2D eigenvalue weighted by Crippen LogP contribution is 2.40. The van der Waals surface area contributed by atoms with Gasteiger partial charge in [0.05, 0.1) is 5.69 Å².